The molecule has 0 aromatic carbocycles. The summed E-state index contributed by atoms with van der Waals surface area (Å²) in [4.78, 5) is 14.1. The number of aromatic nitrogens is 2. The standard InChI is InChI=1S/C24H31ClN4O/c25-22-13-19(18-3-1-10-26-14-18)15-27-23(22)29-11-2-8-24(17-29)9-12-28(16-24)20-4-6-21(30)7-5-20/h1,3,10,13-15,20-21,30H,2,4-9,11-12,16-17H2/t20-,21+,24-/m1/s1. The maximum absolute atomic E-state index is 9.84. The molecule has 5 rings (SSSR count). The van der Waals surface area contributed by atoms with E-state index in [-0.39, 0.29) is 6.10 Å². The zero-order valence-electron chi connectivity index (χ0n) is 17.5. The average molecular weight is 427 g/mol. The molecule has 0 unspecified atom stereocenters. The third-order valence-electron chi connectivity index (χ3n) is 7.43. The Labute approximate surface area is 184 Å². The molecule has 5 nitrogen and oxygen atoms in total. The predicted octanol–water partition coefficient (Wildman–Crippen LogP) is 4.39. The summed E-state index contributed by atoms with van der Waals surface area (Å²) < 4.78 is 0. The van der Waals surface area contributed by atoms with Crippen molar-refractivity contribution >= 4 is 17.4 Å². The molecule has 1 aliphatic carbocycles. The minimum Gasteiger partial charge on any atom is -0.393 e. The first-order valence-corrected chi connectivity index (χ1v) is 11.7. The second-order valence-electron chi connectivity index (χ2n) is 9.48. The summed E-state index contributed by atoms with van der Waals surface area (Å²) in [7, 11) is 0. The highest BCUT2D eigenvalue weighted by Gasteiger charge is 2.44. The van der Waals surface area contributed by atoms with Gasteiger partial charge in [-0.3, -0.25) is 9.88 Å². The first-order chi connectivity index (χ1) is 14.6. The van der Waals surface area contributed by atoms with Gasteiger partial charge in [0.05, 0.1) is 11.1 Å². The topological polar surface area (TPSA) is 52.5 Å². The lowest BCUT2D eigenvalue weighted by Crippen LogP contribution is -2.46. The second-order valence-corrected chi connectivity index (χ2v) is 9.89. The zero-order valence-corrected chi connectivity index (χ0v) is 18.3. The Morgan fingerprint density at radius 1 is 1.03 bits per heavy atom. The van der Waals surface area contributed by atoms with Crippen molar-refractivity contribution in [2.75, 3.05) is 31.1 Å². The predicted molar refractivity (Wildman–Crippen MR) is 121 cm³/mol. The largest absolute Gasteiger partial charge is 0.393 e. The highest BCUT2D eigenvalue weighted by molar-refractivity contribution is 6.33. The SMILES string of the molecule is O[C@H]1CC[C@@H](N2CC[C@]3(CCCN(c4ncc(-c5cccnc5)cc4Cl)C3)C2)CC1. The van der Waals surface area contributed by atoms with Crippen LogP contribution in [-0.4, -0.2) is 58.3 Å². The van der Waals surface area contributed by atoms with Crippen LogP contribution in [0.25, 0.3) is 11.1 Å². The van der Waals surface area contributed by atoms with Gasteiger partial charge in [-0.1, -0.05) is 17.7 Å². The number of anilines is 1. The normalized spacial score (nSPS) is 30.1. The fourth-order valence-electron chi connectivity index (χ4n) is 5.78. The summed E-state index contributed by atoms with van der Waals surface area (Å²) in [6.07, 6.45) is 13.4. The van der Waals surface area contributed by atoms with Gasteiger partial charge in [-0.2, -0.15) is 0 Å². The van der Waals surface area contributed by atoms with E-state index in [9.17, 15) is 5.11 Å². The zero-order chi connectivity index (χ0) is 20.6. The van der Waals surface area contributed by atoms with Gasteiger partial charge in [0.25, 0.3) is 0 Å². The molecule has 0 amide bonds. The highest BCUT2D eigenvalue weighted by atomic mass is 35.5. The van der Waals surface area contributed by atoms with Crippen LogP contribution in [0.5, 0.6) is 0 Å². The molecule has 1 saturated carbocycles. The van der Waals surface area contributed by atoms with Crippen molar-refractivity contribution in [1.82, 2.24) is 14.9 Å². The van der Waals surface area contributed by atoms with E-state index in [0.717, 1.165) is 60.7 Å². The van der Waals surface area contributed by atoms with Crippen LogP contribution in [0.3, 0.4) is 0 Å². The van der Waals surface area contributed by atoms with E-state index in [2.05, 4.69) is 14.8 Å². The molecular weight excluding hydrogens is 396 g/mol. The molecule has 3 fully saturated rings. The molecule has 2 aliphatic heterocycles. The van der Waals surface area contributed by atoms with Crippen LogP contribution >= 0.6 is 11.6 Å². The van der Waals surface area contributed by atoms with Gasteiger partial charge in [0.1, 0.15) is 5.82 Å². The molecule has 0 bridgehead atoms. The van der Waals surface area contributed by atoms with Crippen LogP contribution in [0, 0.1) is 5.41 Å². The summed E-state index contributed by atoms with van der Waals surface area (Å²) in [5.74, 6) is 0.919. The van der Waals surface area contributed by atoms with Crippen molar-refractivity contribution in [3.8, 4) is 11.1 Å². The minimum absolute atomic E-state index is 0.0779. The Balaban J connectivity index is 1.29. The van der Waals surface area contributed by atoms with Crippen LogP contribution in [0.15, 0.2) is 36.8 Å². The number of rotatable bonds is 3. The maximum atomic E-state index is 9.84. The molecule has 3 aliphatic rings. The van der Waals surface area contributed by atoms with E-state index in [0.29, 0.717) is 11.5 Å². The van der Waals surface area contributed by atoms with E-state index in [1.807, 2.05) is 30.6 Å². The average Bonchev–Trinajstić information content (AvgIpc) is 3.17. The Bertz CT molecular complexity index is 871. The van der Waals surface area contributed by atoms with E-state index in [1.165, 1.54) is 32.4 Å². The molecule has 2 aromatic rings. The van der Waals surface area contributed by atoms with E-state index < -0.39 is 0 Å². The van der Waals surface area contributed by atoms with Crippen molar-refractivity contribution in [1.29, 1.82) is 0 Å². The third kappa shape index (κ3) is 4.08. The van der Waals surface area contributed by atoms with Crippen molar-refractivity contribution < 1.29 is 5.11 Å². The summed E-state index contributed by atoms with van der Waals surface area (Å²) >= 11 is 6.71. The quantitative estimate of drug-likeness (QED) is 0.788. The van der Waals surface area contributed by atoms with Crippen molar-refractivity contribution in [3.63, 3.8) is 0 Å². The van der Waals surface area contributed by atoms with Gasteiger partial charge in [-0.05, 0) is 63.6 Å². The fraction of sp³-hybridized carbons (Fsp3) is 0.583. The van der Waals surface area contributed by atoms with Crippen LogP contribution < -0.4 is 4.90 Å². The Hall–Kier alpha value is -1.69. The lowest BCUT2D eigenvalue weighted by atomic mass is 9.79. The van der Waals surface area contributed by atoms with Crippen LogP contribution in [-0.2, 0) is 0 Å². The van der Waals surface area contributed by atoms with E-state index >= 15 is 0 Å². The number of pyridine rings is 2. The second kappa shape index (κ2) is 8.45. The van der Waals surface area contributed by atoms with Crippen molar-refractivity contribution in [3.05, 3.63) is 41.8 Å². The Morgan fingerprint density at radius 3 is 2.67 bits per heavy atom. The first-order valence-electron chi connectivity index (χ1n) is 11.3. The number of nitrogens with zero attached hydrogens (tertiary/aromatic N) is 4. The smallest absolute Gasteiger partial charge is 0.147 e. The van der Waals surface area contributed by atoms with Crippen LogP contribution in [0.1, 0.15) is 44.9 Å². The van der Waals surface area contributed by atoms with Crippen LogP contribution in [0.2, 0.25) is 5.02 Å². The van der Waals surface area contributed by atoms with Crippen LogP contribution in [0.4, 0.5) is 5.82 Å². The van der Waals surface area contributed by atoms with Crippen molar-refractivity contribution in [2.24, 2.45) is 5.41 Å². The van der Waals surface area contributed by atoms with Crippen molar-refractivity contribution in [2.45, 2.75) is 57.1 Å². The number of likely N-dealkylation sites (tertiary alicyclic amines) is 1. The number of hydrogen-bond donors (Lipinski definition) is 1. The van der Waals surface area contributed by atoms with E-state index in [1.54, 1.807) is 6.20 Å². The molecule has 6 heteroatoms. The molecule has 2 aromatic heterocycles. The molecule has 30 heavy (non-hydrogen) atoms. The number of aliphatic hydroxyl groups excluding tert-OH is 1. The van der Waals surface area contributed by atoms with Gasteiger partial charge in [-0.25, -0.2) is 4.98 Å². The Morgan fingerprint density at radius 2 is 1.90 bits per heavy atom. The van der Waals surface area contributed by atoms with Gasteiger partial charge in [0, 0.05) is 60.8 Å². The van der Waals surface area contributed by atoms with Gasteiger partial charge < -0.3 is 10.0 Å². The number of piperidine rings is 1. The maximum Gasteiger partial charge on any atom is 0.147 e. The molecule has 160 valence electrons. The fourth-order valence-corrected chi connectivity index (χ4v) is 6.07. The highest BCUT2D eigenvalue weighted by Crippen LogP contribution is 2.43. The number of hydrogen-bond acceptors (Lipinski definition) is 5. The lowest BCUT2D eigenvalue weighted by Gasteiger charge is -2.42. The third-order valence-corrected chi connectivity index (χ3v) is 7.71. The van der Waals surface area contributed by atoms with Gasteiger partial charge in [0.2, 0.25) is 0 Å². The molecule has 4 heterocycles. The molecule has 1 N–H and O–H groups in total. The summed E-state index contributed by atoms with van der Waals surface area (Å²) in [6.45, 7) is 4.43. The summed E-state index contributed by atoms with van der Waals surface area (Å²) in [5, 5.41) is 10.6. The van der Waals surface area contributed by atoms with Gasteiger partial charge in [-0.15, -0.1) is 0 Å². The molecule has 1 spiro atoms. The van der Waals surface area contributed by atoms with Gasteiger partial charge in [0.15, 0.2) is 0 Å². The van der Waals surface area contributed by atoms with E-state index in [4.69, 9.17) is 16.6 Å². The molecule has 2 saturated heterocycles. The molecule has 0 radical (unpaired) electrons. The first kappa shape index (κ1) is 20.2. The summed E-state index contributed by atoms with van der Waals surface area (Å²) in [5.41, 5.74) is 2.40. The number of aliphatic hydroxyl groups is 1. The minimum atomic E-state index is -0.0779. The Kier molecular flexibility index (Phi) is 5.69. The summed E-state index contributed by atoms with van der Waals surface area (Å²) in [6, 6.07) is 6.65. The van der Waals surface area contributed by atoms with Gasteiger partial charge >= 0.3 is 0 Å². The number of halogens is 1. The monoisotopic (exact) mass is 426 g/mol. The lowest BCUT2D eigenvalue weighted by molar-refractivity contribution is 0.0770. The molecule has 1 atom stereocenters. The molecular formula is C24H31ClN4O.